The van der Waals surface area contributed by atoms with Gasteiger partial charge in [0.25, 0.3) is 11.6 Å². The smallest absolute Gasteiger partial charge is 0.271 e. The Bertz CT molecular complexity index is 1250. The fourth-order valence-corrected chi connectivity index (χ4v) is 3.81. The average Bonchev–Trinajstić information content (AvgIpc) is 3.15. The van der Waals surface area contributed by atoms with Crippen LogP contribution in [0.5, 0.6) is 0 Å². The first-order valence-corrected chi connectivity index (χ1v) is 11.3. The number of aromatic nitrogens is 2. The van der Waals surface area contributed by atoms with E-state index < -0.39 is 26.4 Å². The molecule has 3 aromatic rings. The average molecular weight is 442 g/mol. The van der Waals surface area contributed by atoms with Crippen molar-refractivity contribution >= 4 is 27.1 Å². The third-order valence-corrected chi connectivity index (χ3v) is 5.69. The fraction of sp³-hybridized carbons (Fsp3) is 0.238. The van der Waals surface area contributed by atoms with Crippen molar-refractivity contribution in [3.8, 4) is 0 Å². The fourth-order valence-electron chi connectivity index (χ4n) is 3.14. The second-order valence-corrected chi connectivity index (χ2v) is 9.48. The molecule has 1 aromatic heterocycles. The molecule has 1 amide bonds. The van der Waals surface area contributed by atoms with Crippen LogP contribution in [0.2, 0.25) is 0 Å². The van der Waals surface area contributed by atoms with Gasteiger partial charge in [-0.1, -0.05) is 26.0 Å². The number of nitro groups is 1. The van der Waals surface area contributed by atoms with Crippen LogP contribution in [0, 0.1) is 10.1 Å². The zero-order chi connectivity index (χ0) is 22.8. The highest BCUT2D eigenvalue weighted by atomic mass is 32.2. The second kappa shape index (κ2) is 8.68. The maximum Gasteiger partial charge on any atom is 0.271 e. The van der Waals surface area contributed by atoms with Crippen molar-refractivity contribution in [1.29, 1.82) is 0 Å². The summed E-state index contributed by atoms with van der Waals surface area (Å²) in [6.45, 7) is 4.67. The molecule has 0 saturated heterocycles. The Balaban J connectivity index is 1.86. The first kappa shape index (κ1) is 22.2. The molecule has 0 saturated carbocycles. The second-order valence-electron chi connectivity index (χ2n) is 7.47. The van der Waals surface area contributed by atoms with Gasteiger partial charge in [-0.05, 0) is 23.8 Å². The largest absolute Gasteiger partial charge is 0.330 e. The zero-order valence-corrected chi connectivity index (χ0v) is 18.1. The molecule has 0 aliphatic carbocycles. The van der Waals surface area contributed by atoms with Gasteiger partial charge in [-0.2, -0.15) is 0 Å². The zero-order valence-electron chi connectivity index (χ0n) is 17.3. The molecule has 162 valence electrons. The van der Waals surface area contributed by atoms with Crippen molar-refractivity contribution in [3.05, 3.63) is 81.9 Å². The van der Waals surface area contributed by atoms with Gasteiger partial charge in [0.1, 0.15) is 5.82 Å². The summed E-state index contributed by atoms with van der Waals surface area (Å²) < 4.78 is 25.7. The number of non-ortho nitro benzene ring substituents is 1. The summed E-state index contributed by atoms with van der Waals surface area (Å²) in [4.78, 5) is 27.2. The number of carbonyl (C=O) groups excluding carboxylic acids is 1. The molecule has 31 heavy (non-hydrogen) atoms. The Labute approximate surface area is 179 Å². The normalized spacial score (nSPS) is 11.5. The topological polar surface area (TPSA) is 124 Å². The van der Waals surface area contributed by atoms with E-state index in [1.807, 2.05) is 16.8 Å². The van der Waals surface area contributed by atoms with E-state index >= 15 is 0 Å². The van der Waals surface area contributed by atoms with E-state index in [0.717, 1.165) is 35.8 Å². The Hall–Kier alpha value is -3.53. The molecule has 0 atom stereocenters. The van der Waals surface area contributed by atoms with E-state index in [1.54, 1.807) is 24.4 Å². The van der Waals surface area contributed by atoms with Gasteiger partial charge >= 0.3 is 0 Å². The van der Waals surface area contributed by atoms with Crippen molar-refractivity contribution in [2.75, 3.05) is 11.6 Å². The molecule has 9 nitrogen and oxygen atoms in total. The number of hydrogen-bond acceptors (Lipinski definition) is 6. The third-order valence-electron chi connectivity index (χ3n) is 4.59. The maximum atomic E-state index is 12.7. The van der Waals surface area contributed by atoms with Gasteiger partial charge in [-0.3, -0.25) is 14.9 Å². The predicted octanol–water partition coefficient (Wildman–Crippen LogP) is 3.62. The lowest BCUT2D eigenvalue weighted by Gasteiger charge is -2.12. The molecule has 0 fully saturated rings. The minimum Gasteiger partial charge on any atom is -0.330 e. The summed E-state index contributed by atoms with van der Waals surface area (Å²) >= 11 is 0. The van der Waals surface area contributed by atoms with Gasteiger partial charge in [0, 0.05) is 54.5 Å². The van der Waals surface area contributed by atoms with E-state index in [4.69, 9.17) is 0 Å². The van der Waals surface area contributed by atoms with Gasteiger partial charge in [-0.25, -0.2) is 13.4 Å². The van der Waals surface area contributed by atoms with Crippen LogP contribution in [0.4, 0.5) is 11.4 Å². The summed E-state index contributed by atoms with van der Waals surface area (Å²) in [5.74, 6) is 0.561. The van der Waals surface area contributed by atoms with Crippen molar-refractivity contribution in [1.82, 2.24) is 9.55 Å². The van der Waals surface area contributed by atoms with Gasteiger partial charge < -0.3 is 9.88 Å². The number of imidazole rings is 1. The lowest BCUT2D eigenvalue weighted by Crippen LogP contribution is -2.14. The standard InChI is InChI=1S/C21H22N4O5S/c1-14(2)20-22-7-8-24(20)13-15-5-4-6-17(9-15)23-21(26)16-10-18(25(27)28)12-19(11-16)31(3,29)30/h4-12,14H,13H2,1-3H3,(H,23,26). The molecule has 0 unspecified atom stereocenters. The Morgan fingerprint density at radius 3 is 2.61 bits per heavy atom. The van der Waals surface area contributed by atoms with Crippen molar-refractivity contribution < 1.29 is 18.1 Å². The number of nitro benzene ring substituents is 1. The van der Waals surface area contributed by atoms with E-state index in [0.29, 0.717) is 12.2 Å². The molecule has 0 aliphatic rings. The van der Waals surface area contributed by atoms with Crippen LogP contribution in [0.15, 0.2) is 59.8 Å². The molecule has 2 aromatic carbocycles. The predicted molar refractivity (Wildman–Crippen MR) is 116 cm³/mol. The van der Waals surface area contributed by atoms with Gasteiger partial charge in [-0.15, -0.1) is 0 Å². The number of rotatable bonds is 7. The first-order chi connectivity index (χ1) is 14.5. The molecular weight excluding hydrogens is 420 g/mol. The third kappa shape index (κ3) is 5.34. The highest BCUT2D eigenvalue weighted by Crippen LogP contribution is 2.22. The van der Waals surface area contributed by atoms with Crippen LogP contribution in [-0.2, 0) is 16.4 Å². The van der Waals surface area contributed by atoms with Gasteiger partial charge in [0.15, 0.2) is 9.84 Å². The van der Waals surface area contributed by atoms with E-state index in [9.17, 15) is 23.3 Å². The monoisotopic (exact) mass is 442 g/mol. The Morgan fingerprint density at radius 2 is 1.97 bits per heavy atom. The van der Waals surface area contributed by atoms with Crippen LogP contribution in [0.3, 0.4) is 0 Å². The number of nitrogens with one attached hydrogen (secondary N) is 1. The van der Waals surface area contributed by atoms with Crippen molar-refractivity contribution in [2.24, 2.45) is 0 Å². The molecule has 0 spiro atoms. The lowest BCUT2D eigenvalue weighted by molar-refractivity contribution is -0.385. The molecule has 1 heterocycles. The van der Waals surface area contributed by atoms with Gasteiger partial charge in [0.2, 0.25) is 0 Å². The van der Waals surface area contributed by atoms with E-state index in [2.05, 4.69) is 24.1 Å². The van der Waals surface area contributed by atoms with Crippen LogP contribution < -0.4 is 5.32 Å². The van der Waals surface area contributed by atoms with Crippen molar-refractivity contribution in [3.63, 3.8) is 0 Å². The number of amides is 1. The molecule has 0 bridgehead atoms. The summed E-state index contributed by atoms with van der Waals surface area (Å²) in [5.41, 5.74) is 0.828. The summed E-state index contributed by atoms with van der Waals surface area (Å²) in [7, 11) is -3.73. The number of nitrogens with zero attached hydrogens (tertiary/aromatic N) is 3. The number of anilines is 1. The molecule has 1 N–H and O–H groups in total. The quantitative estimate of drug-likeness (QED) is 0.440. The van der Waals surface area contributed by atoms with E-state index in [-0.39, 0.29) is 16.4 Å². The molecule has 0 aliphatic heterocycles. The maximum absolute atomic E-state index is 12.7. The first-order valence-electron chi connectivity index (χ1n) is 9.45. The highest BCUT2D eigenvalue weighted by molar-refractivity contribution is 7.90. The van der Waals surface area contributed by atoms with Crippen LogP contribution in [-0.4, -0.2) is 35.1 Å². The number of sulfone groups is 1. The number of hydrogen-bond donors (Lipinski definition) is 1. The van der Waals surface area contributed by atoms with Crippen LogP contribution >= 0.6 is 0 Å². The van der Waals surface area contributed by atoms with Crippen LogP contribution in [0.1, 0.15) is 41.5 Å². The number of carbonyl (C=O) groups is 1. The molecule has 0 radical (unpaired) electrons. The highest BCUT2D eigenvalue weighted by Gasteiger charge is 2.19. The Kier molecular flexibility index (Phi) is 6.21. The SMILES string of the molecule is CC(C)c1nccn1Cc1cccc(NC(=O)c2cc([N+](=O)[O-])cc(S(C)(=O)=O)c2)c1. The van der Waals surface area contributed by atoms with Gasteiger partial charge in [0.05, 0.1) is 9.82 Å². The Morgan fingerprint density at radius 1 is 1.23 bits per heavy atom. The lowest BCUT2D eigenvalue weighted by atomic mass is 10.1. The molecule has 10 heteroatoms. The minimum atomic E-state index is -3.73. The molecular formula is C21H22N4O5S. The molecule has 3 rings (SSSR count). The summed E-state index contributed by atoms with van der Waals surface area (Å²) in [6, 6.07) is 10.3. The van der Waals surface area contributed by atoms with Crippen LogP contribution in [0.25, 0.3) is 0 Å². The number of benzene rings is 2. The minimum absolute atomic E-state index is 0.114. The van der Waals surface area contributed by atoms with Crippen molar-refractivity contribution in [2.45, 2.75) is 31.2 Å². The summed E-state index contributed by atoms with van der Waals surface area (Å²) in [6.07, 6.45) is 4.55. The summed E-state index contributed by atoms with van der Waals surface area (Å²) in [5, 5.41) is 13.8. The van der Waals surface area contributed by atoms with E-state index in [1.165, 1.54) is 0 Å².